The largest absolute Gasteiger partial charge is 0.0622 e. The first kappa shape index (κ1) is 9.55. The second-order valence-electron chi connectivity index (χ2n) is 5.85. The zero-order valence-corrected chi connectivity index (χ0v) is 9.59. The summed E-state index contributed by atoms with van der Waals surface area (Å²) < 4.78 is 0. The van der Waals surface area contributed by atoms with E-state index in [-0.39, 0.29) is 0 Å². The van der Waals surface area contributed by atoms with Gasteiger partial charge in [0.2, 0.25) is 0 Å². The summed E-state index contributed by atoms with van der Waals surface area (Å²) in [7, 11) is 0. The third-order valence-electron chi connectivity index (χ3n) is 5.11. The van der Waals surface area contributed by atoms with Gasteiger partial charge in [-0.25, -0.2) is 0 Å². The molecule has 0 saturated heterocycles. The molecule has 0 amide bonds. The van der Waals surface area contributed by atoms with E-state index < -0.39 is 0 Å². The quantitative estimate of drug-likeness (QED) is 0.529. The second kappa shape index (κ2) is 3.29. The minimum absolute atomic E-state index is 0.984. The summed E-state index contributed by atoms with van der Waals surface area (Å²) in [6.45, 7) is 9.92. The molecular weight excluding hydrogens is 156 g/mol. The zero-order chi connectivity index (χ0) is 9.59. The van der Waals surface area contributed by atoms with Gasteiger partial charge in [0.25, 0.3) is 0 Å². The monoisotopic (exact) mass is 180 g/mol. The van der Waals surface area contributed by atoms with E-state index in [2.05, 4.69) is 27.7 Å². The van der Waals surface area contributed by atoms with Gasteiger partial charge in [-0.3, -0.25) is 0 Å². The fourth-order valence-electron chi connectivity index (χ4n) is 4.05. The Labute approximate surface area is 83.1 Å². The molecule has 0 radical (unpaired) electrons. The zero-order valence-electron chi connectivity index (χ0n) is 9.59. The molecule has 2 saturated carbocycles. The first-order chi connectivity index (χ1) is 6.11. The van der Waals surface area contributed by atoms with Crippen molar-refractivity contribution < 1.29 is 0 Å². The number of hydrogen-bond donors (Lipinski definition) is 0. The molecule has 0 aromatic carbocycles. The molecule has 2 aliphatic carbocycles. The normalized spacial score (nSPS) is 56.3. The molecule has 0 aliphatic heterocycles. The molecule has 0 aromatic rings. The lowest BCUT2D eigenvalue weighted by molar-refractivity contribution is 0.110. The maximum atomic E-state index is 2.49. The van der Waals surface area contributed by atoms with Gasteiger partial charge in [0.05, 0.1) is 0 Å². The van der Waals surface area contributed by atoms with Crippen LogP contribution in [0.3, 0.4) is 0 Å². The fourth-order valence-corrected chi connectivity index (χ4v) is 4.05. The standard InChI is InChI=1S/C13H24/c1-8-5-6-9(2)13-11(4)10(3)7-12(8)13/h8-13H,5-7H2,1-4H3. The summed E-state index contributed by atoms with van der Waals surface area (Å²) in [5.74, 6) is 6.10. The third kappa shape index (κ3) is 1.43. The van der Waals surface area contributed by atoms with Gasteiger partial charge in [-0.2, -0.15) is 0 Å². The molecular formula is C13H24. The van der Waals surface area contributed by atoms with Gasteiger partial charge < -0.3 is 0 Å². The van der Waals surface area contributed by atoms with Crippen molar-refractivity contribution in [3.8, 4) is 0 Å². The van der Waals surface area contributed by atoms with E-state index in [1.54, 1.807) is 0 Å². The smallest absolute Gasteiger partial charge is 0.0329 e. The highest BCUT2D eigenvalue weighted by atomic mass is 14.5. The summed E-state index contributed by atoms with van der Waals surface area (Å²) in [5.41, 5.74) is 0. The Morgan fingerprint density at radius 2 is 1.38 bits per heavy atom. The summed E-state index contributed by atoms with van der Waals surface area (Å²) in [6.07, 6.45) is 4.48. The van der Waals surface area contributed by atoms with E-state index in [4.69, 9.17) is 0 Å². The molecule has 0 nitrogen and oxygen atoms in total. The Kier molecular flexibility index (Phi) is 2.42. The Hall–Kier alpha value is 0. The number of fused-ring (bicyclic) bond motifs is 1. The molecule has 2 aliphatic rings. The van der Waals surface area contributed by atoms with Gasteiger partial charge in [-0.1, -0.05) is 40.5 Å². The van der Waals surface area contributed by atoms with Crippen LogP contribution >= 0.6 is 0 Å². The molecule has 76 valence electrons. The van der Waals surface area contributed by atoms with E-state index in [0.29, 0.717) is 0 Å². The summed E-state index contributed by atoms with van der Waals surface area (Å²) in [5, 5.41) is 0. The van der Waals surface area contributed by atoms with E-state index in [9.17, 15) is 0 Å². The molecule has 13 heavy (non-hydrogen) atoms. The Balaban J connectivity index is 2.17. The lowest BCUT2D eigenvalue weighted by Gasteiger charge is -2.38. The fraction of sp³-hybridized carbons (Fsp3) is 1.00. The van der Waals surface area contributed by atoms with Crippen molar-refractivity contribution in [2.45, 2.75) is 47.0 Å². The first-order valence-electron chi connectivity index (χ1n) is 6.11. The maximum Gasteiger partial charge on any atom is -0.0329 e. The van der Waals surface area contributed by atoms with Crippen LogP contribution in [0.15, 0.2) is 0 Å². The van der Waals surface area contributed by atoms with E-state index in [0.717, 1.165) is 35.5 Å². The highest BCUT2D eigenvalue weighted by Gasteiger charge is 2.45. The minimum atomic E-state index is 0.984. The molecule has 0 bridgehead atoms. The van der Waals surface area contributed by atoms with Crippen LogP contribution < -0.4 is 0 Å². The molecule has 0 heterocycles. The van der Waals surface area contributed by atoms with Crippen LogP contribution in [0.5, 0.6) is 0 Å². The van der Waals surface area contributed by atoms with Crippen molar-refractivity contribution in [1.29, 1.82) is 0 Å². The lowest BCUT2D eigenvalue weighted by Crippen LogP contribution is -2.31. The lowest BCUT2D eigenvalue weighted by atomic mass is 9.67. The van der Waals surface area contributed by atoms with E-state index in [1.807, 2.05) is 0 Å². The molecule has 0 aromatic heterocycles. The van der Waals surface area contributed by atoms with Crippen molar-refractivity contribution in [1.82, 2.24) is 0 Å². The topological polar surface area (TPSA) is 0 Å². The molecule has 2 fully saturated rings. The third-order valence-corrected chi connectivity index (χ3v) is 5.11. The minimum Gasteiger partial charge on any atom is -0.0622 e. The summed E-state index contributed by atoms with van der Waals surface area (Å²) in [6, 6.07) is 0. The SMILES string of the molecule is CC1CC2C(C)CCC(C)C2C1C. The van der Waals surface area contributed by atoms with Crippen LogP contribution in [0.25, 0.3) is 0 Å². The molecule has 0 spiro atoms. The predicted molar refractivity (Wildman–Crippen MR) is 57.5 cm³/mol. The highest BCUT2D eigenvalue weighted by molar-refractivity contribution is 4.94. The average Bonchev–Trinajstić information content (AvgIpc) is 2.38. The summed E-state index contributed by atoms with van der Waals surface area (Å²) >= 11 is 0. The van der Waals surface area contributed by atoms with Gasteiger partial charge in [0.1, 0.15) is 0 Å². The Morgan fingerprint density at radius 1 is 0.769 bits per heavy atom. The van der Waals surface area contributed by atoms with Gasteiger partial charge in [0.15, 0.2) is 0 Å². The van der Waals surface area contributed by atoms with Crippen molar-refractivity contribution in [3.63, 3.8) is 0 Å². The van der Waals surface area contributed by atoms with E-state index >= 15 is 0 Å². The second-order valence-corrected chi connectivity index (χ2v) is 5.85. The number of rotatable bonds is 0. The van der Waals surface area contributed by atoms with Crippen LogP contribution in [-0.4, -0.2) is 0 Å². The average molecular weight is 180 g/mol. The van der Waals surface area contributed by atoms with Crippen molar-refractivity contribution in [2.24, 2.45) is 35.5 Å². The predicted octanol–water partition coefficient (Wildman–Crippen LogP) is 3.96. The number of hydrogen-bond acceptors (Lipinski definition) is 0. The van der Waals surface area contributed by atoms with E-state index in [1.165, 1.54) is 19.3 Å². The van der Waals surface area contributed by atoms with Crippen molar-refractivity contribution in [3.05, 3.63) is 0 Å². The molecule has 0 N–H and O–H groups in total. The van der Waals surface area contributed by atoms with Gasteiger partial charge >= 0.3 is 0 Å². The maximum absolute atomic E-state index is 2.49. The Morgan fingerprint density at radius 3 is 2.00 bits per heavy atom. The van der Waals surface area contributed by atoms with Crippen LogP contribution in [0.1, 0.15) is 47.0 Å². The van der Waals surface area contributed by atoms with Crippen LogP contribution in [0, 0.1) is 35.5 Å². The van der Waals surface area contributed by atoms with Gasteiger partial charge in [0, 0.05) is 0 Å². The highest BCUT2D eigenvalue weighted by Crippen LogP contribution is 2.53. The molecule has 6 atom stereocenters. The molecule has 6 unspecified atom stereocenters. The van der Waals surface area contributed by atoms with Gasteiger partial charge in [-0.05, 0) is 41.9 Å². The van der Waals surface area contributed by atoms with Crippen molar-refractivity contribution >= 4 is 0 Å². The first-order valence-corrected chi connectivity index (χ1v) is 6.11. The Bertz CT molecular complexity index is 184. The van der Waals surface area contributed by atoms with Crippen LogP contribution in [-0.2, 0) is 0 Å². The molecule has 2 rings (SSSR count). The van der Waals surface area contributed by atoms with Crippen LogP contribution in [0.4, 0.5) is 0 Å². The molecule has 0 heteroatoms. The van der Waals surface area contributed by atoms with Crippen LogP contribution in [0.2, 0.25) is 0 Å². The summed E-state index contributed by atoms with van der Waals surface area (Å²) in [4.78, 5) is 0. The van der Waals surface area contributed by atoms with Crippen molar-refractivity contribution in [2.75, 3.05) is 0 Å². The van der Waals surface area contributed by atoms with Gasteiger partial charge in [-0.15, -0.1) is 0 Å².